The number of rotatable bonds is 10. The molecule has 1 atom stereocenters. The van der Waals surface area contributed by atoms with Gasteiger partial charge < -0.3 is 24.3 Å². The number of hydrogen-bond acceptors (Lipinski definition) is 8. The highest BCUT2D eigenvalue weighted by Gasteiger charge is 2.59. The van der Waals surface area contributed by atoms with E-state index >= 15 is 0 Å². The molecule has 0 bridgehead atoms. The van der Waals surface area contributed by atoms with E-state index in [2.05, 4.69) is 39.6 Å². The van der Waals surface area contributed by atoms with E-state index in [4.69, 9.17) is 19.4 Å². The monoisotopic (exact) mass is 556 g/mol. The number of anilines is 2. The Morgan fingerprint density at radius 3 is 2.64 bits per heavy atom. The van der Waals surface area contributed by atoms with Gasteiger partial charge in [-0.3, -0.25) is 0 Å². The third-order valence-corrected chi connectivity index (χ3v) is 8.94. The summed E-state index contributed by atoms with van der Waals surface area (Å²) in [6.45, 7) is 10.8. The largest absolute Gasteiger partial charge is 0.378 e. The van der Waals surface area contributed by atoms with Crippen LogP contribution in [0.15, 0.2) is 30.5 Å². The van der Waals surface area contributed by atoms with Crippen LogP contribution >= 0.6 is 0 Å². The smallest absolute Gasteiger partial charge is 0.256 e. The molecule has 0 amide bonds. The molecule has 1 saturated carbocycles. The number of alkyl halides is 2. The van der Waals surface area contributed by atoms with Gasteiger partial charge in [-0.05, 0) is 18.2 Å². The Balaban J connectivity index is 1.30. The van der Waals surface area contributed by atoms with Crippen molar-refractivity contribution in [2.45, 2.75) is 57.2 Å². The van der Waals surface area contributed by atoms with E-state index in [1.165, 1.54) is 10.7 Å². The molecule has 1 aliphatic heterocycles. The molecule has 208 valence electrons. The standard InChI is InChI=1S/C26H34F2N8O2Si/c1-39(2,3)13-12-38-17-35-21-7-5-4-6-20(21)31-22(35)16-29-24-33-25(34-8-10-37-11-9-34)32-23-18(15-30-36(23)24)19-14-26(19,27)28/h4-7,15,19H,8-14,16-17H2,1-3H3,(H,29,32,33). The van der Waals surface area contributed by atoms with E-state index < -0.39 is 19.9 Å². The van der Waals surface area contributed by atoms with Crippen LogP contribution in [-0.2, 0) is 22.7 Å². The zero-order chi connectivity index (χ0) is 27.2. The highest BCUT2D eigenvalue weighted by molar-refractivity contribution is 6.76. The van der Waals surface area contributed by atoms with E-state index in [-0.39, 0.29) is 6.42 Å². The molecule has 0 radical (unpaired) electrons. The minimum absolute atomic E-state index is 0.185. The Labute approximate surface area is 226 Å². The molecule has 1 aliphatic carbocycles. The highest BCUT2D eigenvalue weighted by atomic mass is 28.3. The number of aromatic nitrogens is 6. The van der Waals surface area contributed by atoms with Crippen LogP contribution in [0.25, 0.3) is 16.7 Å². The van der Waals surface area contributed by atoms with Gasteiger partial charge in [0.2, 0.25) is 11.9 Å². The third kappa shape index (κ3) is 5.47. The summed E-state index contributed by atoms with van der Waals surface area (Å²) >= 11 is 0. The number of halogens is 2. The summed E-state index contributed by atoms with van der Waals surface area (Å²) in [5, 5.41) is 7.76. The summed E-state index contributed by atoms with van der Waals surface area (Å²) in [5.41, 5.74) is 2.71. The molecular formula is C26H34F2N8O2Si. The Kier molecular flexibility index (Phi) is 6.76. The van der Waals surface area contributed by atoms with Gasteiger partial charge in [0.1, 0.15) is 12.6 Å². The number of hydrogen-bond donors (Lipinski definition) is 1. The molecule has 6 rings (SSSR count). The predicted molar refractivity (Wildman–Crippen MR) is 147 cm³/mol. The van der Waals surface area contributed by atoms with Gasteiger partial charge in [0.15, 0.2) is 5.65 Å². The molecule has 39 heavy (non-hydrogen) atoms. The first-order valence-electron chi connectivity index (χ1n) is 13.4. The maximum atomic E-state index is 14.0. The van der Waals surface area contributed by atoms with Crippen LogP contribution in [-0.4, -0.2) is 76.0 Å². The number of fused-ring (bicyclic) bond motifs is 2. The van der Waals surface area contributed by atoms with Gasteiger partial charge in [-0.1, -0.05) is 31.8 Å². The molecule has 1 aromatic carbocycles. The number of benzene rings is 1. The Morgan fingerprint density at radius 2 is 1.90 bits per heavy atom. The van der Waals surface area contributed by atoms with Crippen LogP contribution < -0.4 is 10.2 Å². The van der Waals surface area contributed by atoms with Crippen molar-refractivity contribution >= 4 is 36.7 Å². The van der Waals surface area contributed by atoms with Crippen molar-refractivity contribution in [2.75, 3.05) is 43.1 Å². The molecular weight excluding hydrogens is 522 g/mol. The van der Waals surface area contributed by atoms with Gasteiger partial charge in [0.05, 0.1) is 42.9 Å². The Bertz CT molecular complexity index is 1480. The molecule has 10 nitrogen and oxygen atoms in total. The molecule has 2 fully saturated rings. The van der Waals surface area contributed by atoms with Crippen LogP contribution in [0.4, 0.5) is 20.7 Å². The lowest BCUT2D eigenvalue weighted by molar-refractivity contribution is 0.0880. The molecule has 0 spiro atoms. The van der Waals surface area contributed by atoms with E-state index in [1.54, 1.807) is 0 Å². The van der Waals surface area contributed by atoms with Gasteiger partial charge in [-0.15, -0.1) is 0 Å². The van der Waals surface area contributed by atoms with Crippen molar-refractivity contribution in [2.24, 2.45) is 0 Å². The first kappa shape index (κ1) is 26.1. The summed E-state index contributed by atoms with van der Waals surface area (Å²) in [7, 11) is -1.21. The minimum Gasteiger partial charge on any atom is -0.378 e. The normalized spacial score (nSPS) is 19.2. The quantitative estimate of drug-likeness (QED) is 0.228. The van der Waals surface area contributed by atoms with Crippen LogP contribution in [0, 0.1) is 0 Å². The molecule has 2 aliphatic rings. The lowest BCUT2D eigenvalue weighted by Crippen LogP contribution is -2.37. The number of para-hydroxylation sites is 2. The maximum Gasteiger partial charge on any atom is 0.256 e. The average molecular weight is 557 g/mol. The maximum absolute atomic E-state index is 14.0. The van der Waals surface area contributed by atoms with E-state index in [0.717, 1.165) is 22.9 Å². The average Bonchev–Trinajstić information content (AvgIpc) is 3.23. The number of ether oxygens (including phenoxy) is 2. The van der Waals surface area contributed by atoms with Crippen LogP contribution in [0.3, 0.4) is 0 Å². The highest BCUT2D eigenvalue weighted by Crippen LogP contribution is 2.56. The fourth-order valence-corrected chi connectivity index (χ4v) is 5.55. The van der Waals surface area contributed by atoms with E-state index in [0.29, 0.717) is 69.3 Å². The zero-order valence-corrected chi connectivity index (χ0v) is 23.5. The number of morpholine rings is 1. The van der Waals surface area contributed by atoms with Crippen LogP contribution in [0.1, 0.15) is 23.7 Å². The lowest BCUT2D eigenvalue weighted by atomic mass is 10.2. The summed E-state index contributed by atoms with van der Waals surface area (Å²) in [6.07, 6.45) is 1.31. The van der Waals surface area contributed by atoms with Crippen molar-refractivity contribution in [3.63, 3.8) is 0 Å². The molecule has 1 unspecified atom stereocenters. The van der Waals surface area contributed by atoms with Gasteiger partial charge in [0.25, 0.3) is 5.92 Å². The molecule has 4 heterocycles. The molecule has 1 N–H and O–H groups in total. The van der Waals surface area contributed by atoms with E-state index in [1.807, 2.05) is 29.2 Å². The topological polar surface area (TPSA) is 94.6 Å². The van der Waals surface area contributed by atoms with Crippen LogP contribution in [0.5, 0.6) is 0 Å². The summed E-state index contributed by atoms with van der Waals surface area (Å²) in [6, 6.07) is 9.04. The molecule has 3 aromatic heterocycles. The van der Waals surface area contributed by atoms with Crippen LogP contribution in [0.2, 0.25) is 25.7 Å². The lowest BCUT2D eigenvalue weighted by Gasteiger charge is -2.27. The van der Waals surface area contributed by atoms with Gasteiger partial charge in [-0.2, -0.15) is 19.6 Å². The molecule has 4 aromatic rings. The molecule has 1 saturated heterocycles. The van der Waals surface area contributed by atoms with Gasteiger partial charge in [0, 0.05) is 39.8 Å². The van der Waals surface area contributed by atoms with Gasteiger partial charge in [-0.25, -0.2) is 13.8 Å². The SMILES string of the molecule is C[Si](C)(C)CCOCn1c(CNc2nc(N3CCOCC3)nc3c(C4CC4(F)F)cnn23)nc2ccccc21. The summed E-state index contributed by atoms with van der Waals surface area (Å²) in [5.74, 6) is -1.91. The summed E-state index contributed by atoms with van der Waals surface area (Å²) in [4.78, 5) is 16.3. The second-order valence-corrected chi connectivity index (χ2v) is 17.1. The zero-order valence-electron chi connectivity index (χ0n) is 22.5. The van der Waals surface area contributed by atoms with Crippen molar-refractivity contribution in [1.82, 2.24) is 29.1 Å². The Hall–Kier alpha value is -3.16. The fourth-order valence-electron chi connectivity index (χ4n) is 4.80. The summed E-state index contributed by atoms with van der Waals surface area (Å²) < 4.78 is 43.2. The Morgan fingerprint density at radius 1 is 1.13 bits per heavy atom. The van der Waals surface area contributed by atoms with Crippen molar-refractivity contribution < 1.29 is 18.3 Å². The van der Waals surface area contributed by atoms with E-state index in [9.17, 15) is 8.78 Å². The number of nitrogens with one attached hydrogen (secondary N) is 1. The number of nitrogens with zero attached hydrogens (tertiary/aromatic N) is 7. The second-order valence-electron chi connectivity index (χ2n) is 11.4. The first-order valence-corrected chi connectivity index (χ1v) is 17.1. The third-order valence-electron chi connectivity index (χ3n) is 7.23. The van der Waals surface area contributed by atoms with Crippen molar-refractivity contribution in [3.8, 4) is 0 Å². The first-order chi connectivity index (χ1) is 18.7. The fraction of sp³-hybridized carbons (Fsp3) is 0.538. The van der Waals surface area contributed by atoms with Gasteiger partial charge >= 0.3 is 0 Å². The van der Waals surface area contributed by atoms with Crippen molar-refractivity contribution in [3.05, 3.63) is 41.9 Å². The minimum atomic E-state index is -2.72. The second kappa shape index (κ2) is 10.1. The predicted octanol–water partition coefficient (Wildman–Crippen LogP) is 4.36. The van der Waals surface area contributed by atoms with Crippen molar-refractivity contribution in [1.29, 1.82) is 0 Å². The molecule has 13 heteroatoms. The number of imidazole rings is 1.